The summed E-state index contributed by atoms with van der Waals surface area (Å²) in [5.74, 6) is 1.03. The topological polar surface area (TPSA) is 27.7 Å². The standard InChI is InChI=1S/C20H28O3/c1-4-6-12-22-18-15-20(16-10-8-7-9-11-16)14-17(21-5-2)13-19(18,3)23-20/h7-11,13,18H,4-6,12,14-15H2,1-3H3/t18-,19+,20-/m1/s1. The fourth-order valence-electron chi connectivity index (χ4n) is 3.81. The summed E-state index contributed by atoms with van der Waals surface area (Å²) in [5.41, 5.74) is 0.483. The molecule has 2 aliphatic rings. The maximum absolute atomic E-state index is 6.60. The fourth-order valence-corrected chi connectivity index (χ4v) is 3.81. The molecule has 1 saturated heterocycles. The average molecular weight is 316 g/mol. The van der Waals surface area contributed by atoms with Crippen LogP contribution in [0, 0.1) is 0 Å². The molecular weight excluding hydrogens is 288 g/mol. The van der Waals surface area contributed by atoms with Crippen molar-refractivity contribution < 1.29 is 14.2 Å². The molecule has 3 rings (SSSR count). The summed E-state index contributed by atoms with van der Waals surface area (Å²) in [4.78, 5) is 0. The Hall–Kier alpha value is -1.32. The molecule has 0 aromatic heterocycles. The van der Waals surface area contributed by atoms with Gasteiger partial charge in [0.1, 0.15) is 11.2 Å². The van der Waals surface area contributed by atoms with Gasteiger partial charge in [0.15, 0.2) is 0 Å². The predicted molar refractivity (Wildman–Crippen MR) is 91.2 cm³/mol. The number of unbranched alkanes of at least 4 members (excludes halogenated alkanes) is 1. The number of benzene rings is 1. The Morgan fingerprint density at radius 3 is 2.70 bits per heavy atom. The lowest BCUT2D eigenvalue weighted by Crippen LogP contribution is -2.40. The van der Waals surface area contributed by atoms with Crippen LogP contribution in [-0.2, 0) is 19.8 Å². The lowest BCUT2D eigenvalue weighted by molar-refractivity contribution is -0.119. The second kappa shape index (κ2) is 6.66. The van der Waals surface area contributed by atoms with Crippen LogP contribution in [0.3, 0.4) is 0 Å². The SMILES string of the molecule is CCCCO[C@@H]1C[C@@]2(c3ccccc3)CC(OCC)=C[C@]1(C)O2. The molecule has 0 aliphatic carbocycles. The van der Waals surface area contributed by atoms with E-state index in [0.29, 0.717) is 6.61 Å². The first-order chi connectivity index (χ1) is 11.1. The first kappa shape index (κ1) is 16.5. The third-order valence-electron chi connectivity index (χ3n) is 4.92. The molecule has 1 aromatic rings. The molecule has 126 valence electrons. The zero-order chi connectivity index (χ0) is 16.3. The van der Waals surface area contributed by atoms with Gasteiger partial charge >= 0.3 is 0 Å². The van der Waals surface area contributed by atoms with Gasteiger partial charge in [-0.2, -0.15) is 0 Å². The van der Waals surface area contributed by atoms with Gasteiger partial charge in [0, 0.05) is 19.4 Å². The highest BCUT2D eigenvalue weighted by Crippen LogP contribution is 2.53. The Balaban J connectivity index is 1.90. The molecule has 3 nitrogen and oxygen atoms in total. The first-order valence-electron chi connectivity index (χ1n) is 8.84. The van der Waals surface area contributed by atoms with Gasteiger partial charge < -0.3 is 14.2 Å². The molecule has 1 aromatic carbocycles. The van der Waals surface area contributed by atoms with Crippen molar-refractivity contribution in [1.82, 2.24) is 0 Å². The van der Waals surface area contributed by atoms with Crippen LogP contribution in [0.25, 0.3) is 0 Å². The van der Waals surface area contributed by atoms with Crippen LogP contribution in [-0.4, -0.2) is 24.9 Å². The Kier molecular flexibility index (Phi) is 4.79. The summed E-state index contributed by atoms with van der Waals surface area (Å²) in [5, 5.41) is 0. The molecule has 0 saturated carbocycles. The van der Waals surface area contributed by atoms with Crippen LogP contribution < -0.4 is 0 Å². The highest BCUT2D eigenvalue weighted by Gasteiger charge is 2.57. The molecule has 3 heteroatoms. The average Bonchev–Trinajstić information content (AvgIpc) is 2.75. The summed E-state index contributed by atoms with van der Waals surface area (Å²) in [7, 11) is 0. The zero-order valence-corrected chi connectivity index (χ0v) is 14.5. The van der Waals surface area contributed by atoms with Crippen molar-refractivity contribution >= 4 is 0 Å². The quantitative estimate of drug-likeness (QED) is 0.690. The molecule has 0 spiro atoms. The molecule has 2 bridgehead atoms. The van der Waals surface area contributed by atoms with Crippen molar-refractivity contribution in [3.8, 4) is 0 Å². The third-order valence-corrected chi connectivity index (χ3v) is 4.92. The molecule has 2 aliphatic heterocycles. The minimum atomic E-state index is -0.410. The molecule has 0 N–H and O–H groups in total. The normalized spacial score (nSPS) is 32.7. The van der Waals surface area contributed by atoms with Gasteiger partial charge in [-0.15, -0.1) is 0 Å². The van der Waals surface area contributed by atoms with E-state index < -0.39 is 5.60 Å². The lowest BCUT2D eigenvalue weighted by atomic mass is 9.87. The van der Waals surface area contributed by atoms with Gasteiger partial charge in [-0.25, -0.2) is 0 Å². The van der Waals surface area contributed by atoms with Crippen LogP contribution in [0.2, 0.25) is 0 Å². The highest BCUT2D eigenvalue weighted by molar-refractivity contribution is 5.32. The zero-order valence-electron chi connectivity index (χ0n) is 14.5. The minimum absolute atomic E-state index is 0.0761. The van der Waals surface area contributed by atoms with Crippen LogP contribution in [0.4, 0.5) is 0 Å². The van der Waals surface area contributed by atoms with E-state index in [1.54, 1.807) is 0 Å². The van der Waals surface area contributed by atoms with Gasteiger partial charge in [0.05, 0.1) is 18.5 Å². The monoisotopic (exact) mass is 316 g/mol. The molecule has 0 amide bonds. The number of hydrogen-bond acceptors (Lipinski definition) is 3. The van der Waals surface area contributed by atoms with E-state index in [4.69, 9.17) is 14.2 Å². The van der Waals surface area contributed by atoms with Gasteiger partial charge in [-0.3, -0.25) is 0 Å². The molecule has 1 fully saturated rings. The molecule has 23 heavy (non-hydrogen) atoms. The summed E-state index contributed by atoms with van der Waals surface area (Å²) in [6.07, 6.45) is 6.12. The highest BCUT2D eigenvalue weighted by atomic mass is 16.6. The summed E-state index contributed by atoms with van der Waals surface area (Å²) < 4.78 is 18.7. The predicted octanol–water partition coefficient (Wildman–Crippen LogP) is 4.57. The largest absolute Gasteiger partial charge is 0.498 e. The lowest BCUT2D eigenvalue weighted by Gasteiger charge is -2.37. The molecule has 2 heterocycles. The van der Waals surface area contributed by atoms with E-state index in [0.717, 1.165) is 38.0 Å². The van der Waals surface area contributed by atoms with Gasteiger partial charge in [0.2, 0.25) is 0 Å². The number of hydrogen-bond donors (Lipinski definition) is 0. The van der Waals surface area contributed by atoms with E-state index >= 15 is 0 Å². The van der Waals surface area contributed by atoms with E-state index in [-0.39, 0.29) is 11.7 Å². The van der Waals surface area contributed by atoms with E-state index in [1.165, 1.54) is 5.56 Å². The second-order valence-corrected chi connectivity index (χ2v) is 6.78. The maximum atomic E-state index is 6.60. The molecule has 0 radical (unpaired) electrons. The van der Waals surface area contributed by atoms with Gasteiger partial charge in [-0.1, -0.05) is 43.7 Å². The van der Waals surface area contributed by atoms with Crippen LogP contribution in [0.15, 0.2) is 42.2 Å². The van der Waals surface area contributed by atoms with Crippen molar-refractivity contribution in [1.29, 1.82) is 0 Å². The Morgan fingerprint density at radius 2 is 2.00 bits per heavy atom. The number of rotatable bonds is 7. The first-order valence-corrected chi connectivity index (χ1v) is 8.84. The third kappa shape index (κ3) is 3.17. The van der Waals surface area contributed by atoms with E-state index in [1.807, 2.05) is 13.0 Å². The van der Waals surface area contributed by atoms with Crippen LogP contribution >= 0.6 is 0 Å². The van der Waals surface area contributed by atoms with E-state index in [2.05, 4.69) is 44.2 Å². The van der Waals surface area contributed by atoms with Crippen molar-refractivity contribution in [3.05, 3.63) is 47.7 Å². The summed E-state index contributed by atoms with van der Waals surface area (Å²) in [6, 6.07) is 10.5. The van der Waals surface area contributed by atoms with Crippen molar-refractivity contribution in [2.45, 2.75) is 63.8 Å². The van der Waals surface area contributed by atoms with E-state index in [9.17, 15) is 0 Å². The number of ether oxygens (including phenoxy) is 3. The van der Waals surface area contributed by atoms with Crippen molar-refractivity contribution in [2.75, 3.05) is 13.2 Å². The second-order valence-electron chi connectivity index (χ2n) is 6.78. The van der Waals surface area contributed by atoms with Gasteiger partial charge in [0.25, 0.3) is 0 Å². The van der Waals surface area contributed by atoms with Crippen LogP contribution in [0.5, 0.6) is 0 Å². The Morgan fingerprint density at radius 1 is 1.22 bits per heavy atom. The molecule has 3 atom stereocenters. The number of fused-ring (bicyclic) bond motifs is 2. The van der Waals surface area contributed by atoms with Crippen LogP contribution in [0.1, 0.15) is 52.0 Å². The van der Waals surface area contributed by atoms with Crippen molar-refractivity contribution in [3.63, 3.8) is 0 Å². The molecular formula is C20H28O3. The summed E-state index contributed by atoms with van der Waals surface area (Å²) >= 11 is 0. The maximum Gasteiger partial charge on any atom is 0.114 e. The summed E-state index contributed by atoms with van der Waals surface area (Å²) in [6.45, 7) is 7.83. The van der Waals surface area contributed by atoms with Gasteiger partial charge in [-0.05, 0) is 31.9 Å². The Labute approximate surface area is 139 Å². The van der Waals surface area contributed by atoms with Crippen molar-refractivity contribution in [2.24, 2.45) is 0 Å². The minimum Gasteiger partial charge on any atom is -0.498 e. The fraction of sp³-hybridized carbons (Fsp3) is 0.600. The smallest absolute Gasteiger partial charge is 0.114 e. The Bertz CT molecular complexity index is 553. The molecule has 0 unspecified atom stereocenters.